The fraction of sp³-hybridized carbons (Fsp3) is 0. The minimum absolute atomic E-state index is 0.0656. The molecule has 0 bridgehead atoms. The second-order valence-corrected chi connectivity index (χ2v) is 4.02. The van der Waals surface area contributed by atoms with E-state index in [9.17, 15) is 9.90 Å². The summed E-state index contributed by atoms with van der Waals surface area (Å²) in [5, 5.41) is 18.4. The summed E-state index contributed by atoms with van der Waals surface area (Å²) in [4.78, 5) is 11.8. The summed E-state index contributed by atoms with van der Waals surface area (Å²) in [6.07, 6.45) is 3.03. The summed E-state index contributed by atoms with van der Waals surface area (Å²) in [7, 11) is 0. The second kappa shape index (κ2) is 4.36. The lowest BCUT2D eigenvalue weighted by molar-refractivity contribution is 0.102. The minimum Gasteiger partial charge on any atom is -0.507 e. The summed E-state index contributed by atoms with van der Waals surface area (Å²) in [5.74, 6) is -0.454. The third-order valence-electron chi connectivity index (χ3n) is 1.96. The molecule has 5 nitrogen and oxygen atoms in total. The predicted molar refractivity (Wildman–Crippen MR) is 62.3 cm³/mol. The van der Waals surface area contributed by atoms with Crippen LogP contribution in [0.4, 0.5) is 5.69 Å². The number of aromatic nitrogens is 2. The smallest absolute Gasteiger partial charge is 0.259 e. The molecule has 16 heavy (non-hydrogen) atoms. The van der Waals surface area contributed by atoms with Crippen molar-refractivity contribution in [3.8, 4) is 5.75 Å². The molecular weight excluding hydrogens is 274 g/mol. The van der Waals surface area contributed by atoms with E-state index in [2.05, 4.69) is 31.4 Å². The molecule has 3 N–H and O–H groups in total. The Hall–Kier alpha value is -1.82. The molecule has 2 aromatic rings. The number of H-pyrrole nitrogens is 1. The molecule has 0 radical (unpaired) electrons. The molecule has 0 saturated heterocycles. The fourth-order valence-corrected chi connectivity index (χ4v) is 1.57. The number of nitrogens with one attached hydrogen (secondary N) is 2. The molecule has 0 spiro atoms. The first kappa shape index (κ1) is 10.7. The largest absolute Gasteiger partial charge is 0.507 e. The van der Waals surface area contributed by atoms with Crippen LogP contribution in [-0.4, -0.2) is 21.2 Å². The van der Waals surface area contributed by atoms with Crippen molar-refractivity contribution in [3.05, 3.63) is 40.6 Å². The van der Waals surface area contributed by atoms with Gasteiger partial charge in [0.05, 0.1) is 17.4 Å². The van der Waals surface area contributed by atoms with Gasteiger partial charge in [-0.3, -0.25) is 9.89 Å². The summed E-state index contributed by atoms with van der Waals surface area (Å²) >= 11 is 3.23. The number of phenols is 1. The predicted octanol–water partition coefficient (Wildman–Crippen LogP) is 2.13. The molecule has 0 aliphatic heterocycles. The van der Waals surface area contributed by atoms with E-state index in [1.807, 2.05) is 0 Å². The molecule has 0 unspecified atom stereocenters. The molecule has 0 atom stereocenters. The lowest BCUT2D eigenvalue weighted by Gasteiger charge is -2.04. The molecule has 0 aliphatic carbocycles. The summed E-state index contributed by atoms with van der Waals surface area (Å²) in [6.45, 7) is 0. The maximum atomic E-state index is 11.8. The van der Waals surface area contributed by atoms with Crippen molar-refractivity contribution in [2.24, 2.45) is 0 Å². The highest BCUT2D eigenvalue weighted by atomic mass is 79.9. The molecular formula is C10H8BrN3O2. The van der Waals surface area contributed by atoms with Crippen molar-refractivity contribution in [1.82, 2.24) is 10.2 Å². The molecule has 1 aromatic heterocycles. The number of carbonyl (C=O) groups excluding carboxylic acids is 1. The fourth-order valence-electron chi connectivity index (χ4n) is 1.21. The normalized spacial score (nSPS) is 10.1. The van der Waals surface area contributed by atoms with Gasteiger partial charge in [-0.1, -0.05) is 15.9 Å². The summed E-state index contributed by atoms with van der Waals surface area (Å²) < 4.78 is 0.725. The van der Waals surface area contributed by atoms with Gasteiger partial charge in [0, 0.05) is 10.7 Å². The Morgan fingerprint density at radius 3 is 3.00 bits per heavy atom. The molecule has 0 saturated carbocycles. The third-order valence-corrected chi connectivity index (χ3v) is 2.45. The maximum absolute atomic E-state index is 11.8. The first-order valence-electron chi connectivity index (χ1n) is 4.45. The number of hydrogen-bond donors (Lipinski definition) is 3. The Morgan fingerprint density at radius 1 is 1.50 bits per heavy atom. The van der Waals surface area contributed by atoms with Crippen molar-refractivity contribution >= 4 is 27.5 Å². The van der Waals surface area contributed by atoms with Gasteiger partial charge in [-0.2, -0.15) is 5.10 Å². The van der Waals surface area contributed by atoms with Crippen LogP contribution >= 0.6 is 15.9 Å². The highest BCUT2D eigenvalue weighted by Gasteiger charge is 2.11. The number of halogens is 1. The van der Waals surface area contributed by atoms with Gasteiger partial charge < -0.3 is 10.4 Å². The second-order valence-electron chi connectivity index (χ2n) is 3.10. The van der Waals surface area contributed by atoms with Crippen LogP contribution in [0.3, 0.4) is 0 Å². The molecule has 1 amide bonds. The summed E-state index contributed by atoms with van der Waals surface area (Å²) in [6, 6.07) is 4.66. The zero-order valence-electron chi connectivity index (χ0n) is 8.07. The number of amides is 1. The average Bonchev–Trinajstić information content (AvgIpc) is 2.74. The van der Waals surface area contributed by atoms with Gasteiger partial charge in [0.15, 0.2) is 0 Å². The van der Waals surface area contributed by atoms with Crippen LogP contribution < -0.4 is 5.32 Å². The highest BCUT2D eigenvalue weighted by molar-refractivity contribution is 9.10. The monoisotopic (exact) mass is 281 g/mol. The Bertz CT molecular complexity index is 511. The van der Waals surface area contributed by atoms with Crippen LogP contribution in [-0.2, 0) is 0 Å². The zero-order valence-corrected chi connectivity index (χ0v) is 9.65. The van der Waals surface area contributed by atoms with E-state index in [0.717, 1.165) is 4.47 Å². The number of hydrogen-bond acceptors (Lipinski definition) is 3. The number of aromatic hydroxyl groups is 1. The van der Waals surface area contributed by atoms with Crippen LogP contribution in [0.2, 0.25) is 0 Å². The van der Waals surface area contributed by atoms with Crippen LogP contribution in [0.1, 0.15) is 10.4 Å². The molecule has 0 aliphatic rings. The van der Waals surface area contributed by atoms with Gasteiger partial charge in [-0.05, 0) is 18.2 Å². The third kappa shape index (κ3) is 2.22. The maximum Gasteiger partial charge on any atom is 0.259 e. The quantitative estimate of drug-likeness (QED) is 0.789. The van der Waals surface area contributed by atoms with Crippen molar-refractivity contribution < 1.29 is 9.90 Å². The van der Waals surface area contributed by atoms with E-state index in [-0.39, 0.29) is 17.2 Å². The number of aromatic amines is 1. The minimum atomic E-state index is -0.389. The van der Waals surface area contributed by atoms with Gasteiger partial charge in [-0.25, -0.2) is 0 Å². The van der Waals surface area contributed by atoms with Crippen molar-refractivity contribution in [2.45, 2.75) is 0 Å². The van der Waals surface area contributed by atoms with Crippen molar-refractivity contribution in [3.63, 3.8) is 0 Å². The molecule has 82 valence electrons. The van der Waals surface area contributed by atoms with E-state index in [1.54, 1.807) is 18.3 Å². The number of carbonyl (C=O) groups is 1. The average molecular weight is 282 g/mol. The van der Waals surface area contributed by atoms with Gasteiger partial charge in [0.1, 0.15) is 5.75 Å². The topological polar surface area (TPSA) is 78.0 Å². The van der Waals surface area contributed by atoms with Crippen LogP contribution in [0.5, 0.6) is 5.75 Å². The number of phenolic OH excluding ortho intramolecular Hbond substituents is 1. The summed E-state index contributed by atoms with van der Waals surface area (Å²) in [5.41, 5.74) is 0.750. The molecule has 1 aromatic carbocycles. The standard InChI is InChI=1S/C10H8BrN3O2/c11-6-1-2-9(15)8(3-6)10(16)14-7-4-12-13-5-7/h1-5,15H,(H,12,13)(H,14,16). The van der Waals surface area contributed by atoms with Gasteiger partial charge >= 0.3 is 0 Å². The Morgan fingerprint density at radius 2 is 2.31 bits per heavy atom. The van der Waals surface area contributed by atoms with Crippen LogP contribution in [0.25, 0.3) is 0 Å². The van der Waals surface area contributed by atoms with Crippen molar-refractivity contribution in [1.29, 1.82) is 0 Å². The lowest BCUT2D eigenvalue weighted by atomic mass is 10.2. The Balaban J connectivity index is 2.24. The Labute approximate surface area is 99.6 Å². The van der Waals surface area contributed by atoms with Gasteiger partial charge in [-0.15, -0.1) is 0 Å². The number of benzene rings is 1. The molecule has 1 heterocycles. The first-order valence-corrected chi connectivity index (χ1v) is 5.25. The van der Waals surface area contributed by atoms with E-state index < -0.39 is 0 Å². The lowest BCUT2D eigenvalue weighted by Crippen LogP contribution is -2.11. The van der Waals surface area contributed by atoms with Crippen LogP contribution in [0.15, 0.2) is 35.1 Å². The number of anilines is 1. The van der Waals surface area contributed by atoms with E-state index >= 15 is 0 Å². The molecule has 0 fully saturated rings. The van der Waals surface area contributed by atoms with Crippen LogP contribution in [0, 0.1) is 0 Å². The SMILES string of the molecule is O=C(Nc1cn[nH]c1)c1cc(Br)ccc1O. The molecule has 6 heteroatoms. The van der Waals surface area contributed by atoms with E-state index in [4.69, 9.17) is 0 Å². The number of rotatable bonds is 2. The number of nitrogens with zero attached hydrogens (tertiary/aromatic N) is 1. The van der Waals surface area contributed by atoms with Gasteiger partial charge in [0.25, 0.3) is 5.91 Å². The van der Waals surface area contributed by atoms with Crippen molar-refractivity contribution in [2.75, 3.05) is 5.32 Å². The molecule has 2 rings (SSSR count). The Kier molecular flexibility index (Phi) is 2.91. The zero-order chi connectivity index (χ0) is 11.5. The van der Waals surface area contributed by atoms with E-state index in [1.165, 1.54) is 12.3 Å². The van der Waals surface area contributed by atoms with Gasteiger partial charge in [0.2, 0.25) is 0 Å². The highest BCUT2D eigenvalue weighted by Crippen LogP contribution is 2.22. The van der Waals surface area contributed by atoms with E-state index in [0.29, 0.717) is 5.69 Å². The first-order chi connectivity index (χ1) is 7.66.